The molecule has 0 amide bonds. The second kappa shape index (κ2) is 6.85. The van der Waals surface area contributed by atoms with Crippen LogP contribution in [0.25, 0.3) is 0 Å². The lowest BCUT2D eigenvalue weighted by molar-refractivity contribution is 0.312. The van der Waals surface area contributed by atoms with Crippen molar-refractivity contribution in [3.8, 4) is 0 Å². The van der Waals surface area contributed by atoms with Gasteiger partial charge in [-0.05, 0) is 62.3 Å². The average Bonchev–Trinajstić information content (AvgIpc) is 2.95. The van der Waals surface area contributed by atoms with Crippen molar-refractivity contribution >= 4 is 10.1 Å². The maximum absolute atomic E-state index is 12.1. The lowest BCUT2D eigenvalue weighted by Gasteiger charge is -2.13. The van der Waals surface area contributed by atoms with Gasteiger partial charge < -0.3 is 0 Å². The summed E-state index contributed by atoms with van der Waals surface area (Å²) < 4.78 is 29.4. The second-order valence-corrected chi connectivity index (χ2v) is 7.70. The predicted octanol–water partition coefficient (Wildman–Crippen LogP) is 4.46. The number of hydrogen-bond donors (Lipinski definition) is 0. The van der Waals surface area contributed by atoms with E-state index in [4.69, 9.17) is 4.18 Å². The first kappa shape index (κ1) is 16.2. The van der Waals surface area contributed by atoms with Crippen LogP contribution in [0.5, 0.6) is 0 Å². The number of hydrogen-bond acceptors (Lipinski definition) is 3. The highest BCUT2D eigenvalue weighted by molar-refractivity contribution is 7.86. The van der Waals surface area contributed by atoms with Crippen LogP contribution in [-0.2, 0) is 14.3 Å². The van der Waals surface area contributed by atoms with Gasteiger partial charge in [0, 0.05) is 0 Å². The Kier molecular flexibility index (Phi) is 4.83. The quantitative estimate of drug-likeness (QED) is 0.439. The summed E-state index contributed by atoms with van der Waals surface area (Å²) in [6.45, 7) is 2.15. The van der Waals surface area contributed by atoms with E-state index in [-0.39, 0.29) is 11.5 Å². The third-order valence-corrected chi connectivity index (χ3v) is 5.73. The topological polar surface area (TPSA) is 43.4 Å². The molecule has 0 saturated heterocycles. The van der Waals surface area contributed by atoms with Crippen molar-refractivity contribution < 1.29 is 12.6 Å². The predicted molar refractivity (Wildman–Crippen MR) is 91.7 cm³/mol. The molecule has 3 nitrogen and oxygen atoms in total. The Labute approximate surface area is 138 Å². The SMILES string of the molecule is Cc1ccc(S(=O)(=O)OCCCC2=CCC3=C2CC=CC3)cc1. The molecule has 0 heterocycles. The Morgan fingerprint density at radius 1 is 1.04 bits per heavy atom. The fourth-order valence-corrected chi connectivity index (χ4v) is 4.03. The number of allylic oxidation sites excluding steroid dienone is 6. The van der Waals surface area contributed by atoms with Gasteiger partial charge in [-0.1, -0.05) is 41.5 Å². The molecule has 0 aromatic heterocycles. The van der Waals surface area contributed by atoms with Gasteiger partial charge in [-0.2, -0.15) is 8.42 Å². The van der Waals surface area contributed by atoms with Crippen LogP contribution in [0.2, 0.25) is 0 Å². The van der Waals surface area contributed by atoms with Crippen molar-refractivity contribution in [2.24, 2.45) is 0 Å². The summed E-state index contributed by atoms with van der Waals surface area (Å²) in [4.78, 5) is 0.227. The fraction of sp³-hybridized carbons (Fsp3) is 0.368. The lowest BCUT2D eigenvalue weighted by atomic mass is 9.94. The van der Waals surface area contributed by atoms with Gasteiger partial charge in [0.25, 0.3) is 10.1 Å². The highest BCUT2D eigenvalue weighted by Crippen LogP contribution is 2.36. The van der Waals surface area contributed by atoms with Crippen molar-refractivity contribution in [2.75, 3.05) is 6.61 Å². The molecule has 0 N–H and O–H groups in total. The van der Waals surface area contributed by atoms with Crippen LogP contribution in [0.4, 0.5) is 0 Å². The Hall–Kier alpha value is -1.65. The Morgan fingerprint density at radius 3 is 2.57 bits per heavy atom. The van der Waals surface area contributed by atoms with Gasteiger partial charge in [0.05, 0.1) is 11.5 Å². The standard InChI is InChI=1S/C19H22O3S/c1-15-8-12-18(13-9-15)23(20,21)22-14-4-6-17-11-10-16-5-2-3-7-19(16)17/h2-3,8-9,11-13H,4-7,10,14H2,1H3. The zero-order valence-electron chi connectivity index (χ0n) is 13.4. The molecule has 1 aromatic rings. The molecule has 0 bridgehead atoms. The van der Waals surface area contributed by atoms with E-state index in [1.54, 1.807) is 24.3 Å². The summed E-state index contributed by atoms with van der Waals surface area (Å²) in [6, 6.07) is 6.75. The van der Waals surface area contributed by atoms with Gasteiger partial charge >= 0.3 is 0 Å². The summed E-state index contributed by atoms with van der Waals surface area (Å²) >= 11 is 0. The molecule has 122 valence electrons. The van der Waals surface area contributed by atoms with E-state index in [0.29, 0.717) is 0 Å². The zero-order chi connectivity index (χ0) is 16.3. The third-order valence-electron chi connectivity index (χ3n) is 4.40. The van der Waals surface area contributed by atoms with Crippen LogP contribution in [0.15, 0.2) is 64.1 Å². The van der Waals surface area contributed by atoms with Crippen LogP contribution in [0, 0.1) is 6.92 Å². The summed E-state index contributed by atoms with van der Waals surface area (Å²) in [5.74, 6) is 0. The monoisotopic (exact) mass is 330 g/mol. The Bertz CT molecular complexity index is 765. The summed E-state index contributed by atoms with van der Waals surface area (Å²) in [5, 5.41) is 0. The Balaban J connectivity index is 1.50. The molecule has 3 rings (SSSR count). The van der Waals surface area contributed by atoms with Crippen LogP contribution in [0.1, 0.15) is 37.7 Å². The van der Waals surface area contributed by atoms with Gasteiger partial charge in [0.1, 0.15) is 0 Å². The first-order valence-corrected chi connectivity index (χ1v) is 9.48. The number of aryl methyl sites for hydroxylation is 1. The average molecular weight is 330 g/mol. The van der Waals surface area contributed by atoms with Gasteiger partial charge in [-0.3, -0.25) is 4.18 Å². The van der Waals surface area contributed by atoms with Crippen LogP contribution in [-0.4, -0.2) is 15.0 Å². The van der Waals surface area contributed by atoms with E-state index in [9.17, 15) is 8.42 Å². The van der Waals surface area contributed by atoms with Gasteiger partial charge in [-0.25, -0.2) is 0 Å². The largest absolute Gasteiger partial charge is 0.296 e. The van der Waals surface area contributed by atoms with Crippen molar-refractivity contribution in [1.82, 2.24) is 0 Å². The molecular weight excluding hydrogens is 308 g/mol. The number of rotatable bonds is 6. The van der Waals surface area contributed by atoms with Crippen LogP contribution >= 0.6 is 0 Å². The van der Waals surface area contributed by atoms with E-state index in [1.807, 2.05) is 6.92 Å². The van der Waals surface area contributed by atoms with Crippen LogP contribution in [0.3, 0.4) is 0 Å². The molecule has 23 heavy (non-hydrogen) atoms. The fourth-order valence-electron chi connectivity index (χ4n) is 3.09. The molecular formula is C19H22O3S. The molecule has 2 aliphatic rings. The first-order valence-electron chi connectivity index (χ1n) is 8.08. The third kappa shape index (κ3) is 3.82. The lowest BCUT2D eigenvalue weighted by Crippen LogP contribution is -2.08. The minimum Gasteiger partial charge on any atom is -0.266 e. The van der Waals surface area contributed by atoms with Gasteiger partial charge in [0.2, 0.25) is 0 Å². The molecule has 0 saturated carbocycles. The summed E-state index contributed by atoms with van der Waals surface area (Å²) in [7, 11) is -3.64. The van der Waals surface area contributed by atoms with E-state index < -0.39 is 10.1 Å². The van der Waals surface area contributed by atoms with Crippen molar-refractivity contribution in [1.29, 1.82) is 0 Å². The highest BCUT2D eigenvalue weighted by atomic mass is 32.2. The molecule has 2 aliphatic carbocycles. The molecule has 0 atom stereocenters. The maximum Gasteiger partial charge on any atom is 0.296 e. The molecule has 0 spiro atoms. The molecule has 0 radical (unpaired) electrons. The zero-order valence-corrected chi connectivity index (χ0v) is 14.2. The molecule has 4 heteroatoms. The highest BCUT2D eigenvalue weighted by Gasteiger charge is 2.18. The Morgan fingerprint density at radius 2 is 1.78 bits per heavy atom. The summed E-state index contributed by atoms with van der Waals surface area (Å²) in [6.07, 6.45) is 11.5. The minimum absolute atomic E-state index is 0.227. The van der Waals surface area contributed by atoms with Crippen molar-refractivity contribution in [3.63, 3.8) is 0 Å². The van der Waals surface area contributed by atoms with Gasteiger partial charge in [-0.15, -0.1) is 0 Å². The van der Waals surface area contributed by atoms with E-state index in [0.717, 1.165) is 37.7 Å². The maximum atomic E-state index is 12.1. The van der Waals surface area contributed by atoms with Crippen molar-refractivity contribution in [3.05, 3.63) is 64.8 Å². The van der Waals surface area contributed by atoms with E-state index >= 15 is 0 Å². The number of benzene rings is 1. The summed E-state index contributed by atoms with van der Waals surface area (Å²) in [5.41, 5.74) is 5.40. The van der Waals surface area contributed by atoms with E-state index in [2.05, 4.69) is 18.2 Å². The molecule has 1 aromatic carbocycles. The van der Waals surface area contributed by atoms with Gasteiger partial charge in [0.15, 0.2) is 0 Å². The molecule has 0 fully saturated rings. The molecule has 0 unspecified atom stereocenters. The molecule has 0 aliphatic heterocycles. The smallest absolute Gasteiger partial charge is 0.266 e. The second-order valence-electron chi connectivity index (χ2n) is 6.09. The van der Waals surface area contributed by atoms with E-state index in [1.165, 1.54) is 16.7 Å². The van der Waals surface area contributed by atoms with Crippen LogP contribution < -0.4 is 0 Å². The van der Waals surface area contributed by atoms with Crippen molar-refractivity contribution in [2.45, 2.75) is 43.9 Å². The minimum atomic E-state index is -3.64. The first-order chi connectivity index (χ1) is 11.1. The normalized spacial score (nSPS) is 17.3.